The van der Waals surface area contributed by atoms with E-state index in [0.29, 0.717) is 0 Å². The Labute approximate surface area is 91.1 Å². The van der Waals surface area contributed by atoms with Crippen LogP contribution >= 0.6 is 0 Å². The van der Waals surface area contributed by atoms with Gasteiger partial charge in [0.2, 0.25) is 11.8 Å². The lowest BCUT2D eigenvalue weighted by molar-refractivity contribution is -0.120. The van der Waals surface area contributed by atoms with Crippen molar-refractivity contribution in [1.82, 2.24) is 21.3 Å². The molecule has 2 rings (SSSR count). The number of urea groups is 2. The van der Waals surface area contributed by atoms with Crippen LogP contribution in [0.3, 0.4) is 0 Å². The fourth-order valence-electron chi connectivity index (χ4n) is 1.04. The summed E-state index contributed by atoms with van der Waals surface area (Å²) < 4.78 is 0. The van der Waals surface area contributed by atoms with Crippen LogP contribution in [0.25, 0.3) is 0 Å². The van der Waals surface area contributed by atoms with Crippen molar-refractivity contribution in [2.24, 2.45) is 0 Å². The van der Waals surface area contributed by atoms with Crippen LogP contribution < -0.4 is 21.3 Å². The Morgan fingerprint density at radius 2 is 1.06 bits per heavy atom. The third-order valence-electron chi connectivity index (χ3n) is 1.96. The molecular formula is C8H12N4O4. The predicted octanol–water partition coefficient (Wildman–Crippen LogP) is -1.57. The van der Waals surface area contributed by atoms with Crippen molar-refractivity contribution in [3.63, 3.8) is 0 Å². The molecule has 4 N–H and O–H groups in total. The second kappa shape index (κ2) is 4.60. The molecule has 2 aliphatic rings. The van der Waals surface area contributed by atoms with Gasteiger partial charge in [-0.25, -0.2) is 9.59 Å². The third kappa shape index (κ3) is 2.94. The zero-order valence-corrected chi connectivity index (χ0v) is 8.79. The number of amides is 6. The van der Waals surface area contributed by atoms with Crippen LogP contribution in [0.1, 0.15) is 13.8 Å². The molecule has 16 heavy (non-hydrogen) atoms. The van der Waals surface area contributed by atoms with Crippen LogP contribution in [0.15, 0.2) is 0 Å². The van der Waals surface area contributed by atoms with Crippen LogP contribution in [-0.2, 0) is 9.59 Å². The standard InChI is InChI=1S/2C4H6N2O2/c2*1-2-3(7)6-4(8)5-2/h2*2H,1H3,(H2,5,6,7,8). The van der Waals surface area contributed by atoms with Crippen molar-refractivity contribution in [2.75, 3.05) is 0 Å². The maximum atomic E-state index is 10.4. The third-order valence-corrected chi connectivity index (χ3v) is 1.96. The van der Waals surface area contributed by atoms with Crippen LogP contribution in [-0.4, -0.2) is 36.0 Å². The number of hydrogen-bond donors (Lipinski definition) is 4. The summed E-state index contributed by atoms with van der Waals surface area (Å²) in [6.07, 6.45) is 0. The van der Waals surface area contributed by atoms with Gasteiger partial charge in [-0.3, -0.25) is 20.2 Å². The molecule has 8 nitrogen and oxygen atoms in total. The Hall–Kier alpha value is -2.12. The first kappa shape index (κ1) is 12.0. The number of hydrogen-bond acceptors (Lipinski definition) is 4. The Balaban J connectivity index is 0.000000160. The first-order valence-electron chi connectivity index (χ1n) is 4.63. The van der Waals surface area contributed by atoms with Crippen LogP contribution in [0.2, 0.25) is 0 Å². The van der Waals surface area contributed by atoms with Gasteiger partial charge in [0, 0.05) is 0 Å². The highest BCUT2D eigenvalue weighted by Gasteiger charge is 2.24. The van der Waals surface area contributed by atoms with Crippen LogP contribution in [0, 0.1) is 0 Å². The van der Waals surface area contributed by atoms with E-state index >= 15 is 0 Å². The quantitative estimate of drug-likeness (QED) is 0.375. The monoisotopic (exact) mass is 228 g/mol. The minimum atomic E-state index is -0.400. The molecule has 0 radical (unpaired) electrons. The highest BCUT2D eigenvalue weighted by molar-refractivity contribution is 6.04. The van der Waals surface area contributed by atoms with E-state index in [1.807, 2.05) is 0 Å². The molecule has 0 aromatic carbocycles. The van der Waals surface area contributed by atoms with Gasteiger partial charge >= 0.3 is 12.1 Å². The summed E-state index contributed by atoms with van der Waals surface area (Å²) in [6, 6.07) is -1.52. The first-order valence-corrected chi connectivity index (χ1v) is 4.63. The Morgan fingerprint density at radius 1 is 0.750 bits per heavy atom. The molecule has 6 amide bonds. The predicted molar refractivity (Wildman–Crippen MR) is 52.3 cm³/mol. The largest absolute Gasteiger partial charge is 0.326 e. The number of rotatable bonds is 0. The van der Waals surface area contributed by atoms with E-state index in [1.54, 1.807) is 13.8 Å². The Bertz CT molecular complexity index is 320. The van der Waals surface area contributed by atoms with Gasteiger partial charge in [-0.05, 0) is 13.8 Å². The first-order chi connectivity index (χ1) is 7.40. The summed E-state index contributed by atoms with van der Waals surface area (Å²) in [5.74, 6) is -0.509. The van der Waals surface area contributed by atoms with Gasteiger partial charge in [0.1, 0.15) is 12.1 Å². The van der Waals surface area contributed by atoms with Gasteiger partial charge in [-0.1, -0.05) is 0 Å². The molecular weight excluding hydrogens is 216 g/mol. The molecule has 2 unspecified atom stereocenters. The van der Waals surface area contributed by atoms with E-state index in [0.717, 1.165) is 0 Å². The molecule has 0 aliphatic carbocycles. The van der Waals surface area contributed by atoms with E-state index < -0.39 is 12.1 Å². The van der Waals surface area contributed by atoms with Gasteiger partial charge in [0.25, 0.3) is 0 Å². The zero-order valence-electron chi connectivity index (χ0n) is 8.79. The number of carbonyl (C=O) groups is 4. The second-order valence-electron chi connectivity index (χ2n) is 3.37. The smallest absolute Gasteiger partial charge is 0.322 e. The van der Waals surface area contributed by atoms with E-state index in [9.17, 15) is 19.2 Å². The summed E-state index contributed by atoms with van der Waals surface area (Å²) in [5.41, 5.74) is 0. The van der Waals surface area contributed by atoms with E-state index in [2.05, 4.69) is 21.3 Å². The summed E-state index contributed by atoms with van der Waals surface area (Å²) in [4.78, 5) is 41.2. The SMILES string of the molecule is CC1NC(=O)NC1=O.CC1NC(=O)NC1=O. The molecule has 0 aromatic rings. The molecule has 2 heterocycles. The molecule has 8 heteroatoms. The van der Waals surface area contributed by atoms with Crippen molar-refractivity contribution in [2.45, 2.75) is 25.9 Å². The molecule has 0 bridgehead atoms. The Kier molecular flexibility index (Phi) is 3.44. The second-order valence-corrected chi connectivity index (χ2v) is 3.37. The molecule has 2 fully saturated rings. The highest BCUT2D eigenvalue weighted by Crippen LogP contribution is 1.88. The van der Waals surface area contributed by atoms with E-state index in [-0.39, 0.29) is 23.9 Å². The van der Waals surface area contributed by atoms with E-state index in [4.69, 9.17) is 0 Å². The normalized spacial score (nSPS) is 27.4. The summed E-state index contributed by atoms with van der Waals surface area (Å²) in [7, 11) is 0. The number of carbonyl (C=O) groups excluding carboxylic acids is 4. The summed E-state index contributed by atoms with van der Waals surface area (Å²) in [5, 5.41) is 8.89. The highest BCUT2D eigenvalue weighted by atomic mass is 16.2. The molecule has 2 saturated heterocycles. The maximum Gasteiger partial charge on any atom is 0.322 e. The fourth-order valence-corrected chi connectivity index (χ4v) is 1.04. The van der Waals surface area contributed by atoms with Gasteiger partial charge in [-0.2, -0.15) is 0 Å². The fraction of sp³-hybridized carbons (Fsp3) is 0.500. The van der Waals surface area contributed by atoms with Crippen LogP contribution in [0.5, 0.6) is 0 Å². The molecule has 0 saturated carbocycles. The van der Waals surface area contributed by atoms with Gasteiger partial charge in [0.05, 0.1) is 0 Å². The molecule has 88 valence electrons. The van der Waals surface area contributed by atoms with Gasteiger partial charge in [0.15, 0.2) is 0 Å². The topological polar surface area (TPSA) is 116 Å². The molecule has 0 spiro atoms. The molecule has 2 aliphatic heterocycles. The average Bonchev–Trinajstić information content (AvgIpc) is 2.58. The maximum absolute atomic E-state index is 10.4. The lowest BCUT2D eigenvalue weighted by Gasteiger charge is -1.91. The average molecular weight is 228 g/mol. The lowest BCUT2D eigenvalue weighted by atomic mass is 10.4. The minimum Gasteiger partial charge on any atom is -0.326 e. The van der Waals surface area contributed by atoms with Crippen molar-refractivity contribution in [1.29, 1.82) is 0 Å². The van der Waals surface area contributed by atoms with Crippen molar-refractivity contribution in [3.05, 3.63) is 0 Å². The van der Waals surface area contributed by atoms with Gasteiger partial charge in [-0.15, -0.1) is 0 Å². The molecule has 2 atom stereocenters. The molecule has 0 aromatic heterocycles. The van der Waals surface area contributed by atoms with Crippen LogP contribution in [0.4, 0.5) is 9.59 Å². The Morgan fingerprint density at radius 3 is 1.12 bits per heavy atom. The van der Waals surface area contributed by atoms with E-state index in [1.165, 1.54) is 0 Å². The zero-order chi connectivity index (χ0) is 12.3. The lowest BCUT2D eigenvalue weighted by Crippen LogP contribution is -2.24. The van der Waals surface area contributed by atoms with Gasteiger partial charge < -0.3 is 10.6 Å². The summed E-state index contributed by atoms with van der Waals surface area (Å²) in [6.45, 7) is 3.25. The van der Waals surface area contributed by atoms with Crippen molar-refractivity contribution < 1.29 is 19.2 Å². The van der Waals surface area contributed by atoms with Crippen molar-refractivity contribution in [3.8, 4) is 0 Å². The summed E-state index contributed by atoms with van der Waals surface area (Å²) >= 11 is 0. The number of nitrogens with one attached hydrogen (secondary N) is 4. The van der Waals surface area contributed by atoms with Crippen molar-refractivity contribution >= 4 is 23.9 Å². The number of imide groups is 2. The minimum absolute atomic E-state index is 0.255.